The molecule has 0 aromatic carbocycles. The first kappa shape index (κ1) is 15.4. The van der Waals surface area contributed by atoms with Gasteiger partial charge in [-0.25, -0.2) is 4.39 Å². The molecule has 2 rings (SSSR count). The summed E-state index contributed by atoms with van der Waals surface area (Å²) >= 11 is 0. The Morgan fingerprint density at radius 2 is 2.15 bits per heavy atom. The van der Waals surface area contributed by atoms with Crippen LogP contribution in [0.15, 0.2) is 18.3 Å². The summed E-state index contributed by atoms with van der Waals surface area (Å²) in [6.07, 6.45) is 5.50. The van der Waals surface area contributed by atoms with Crippen LogP contribution in [0.25, 0.3) is 0 Å². The number of nitrogens with zero attached hydrogens (tertiary/aromatic N) is 2. The van der Waals surface area contributed by atoms with E-state index in [1.807, 2.05) is 0 Å². The van der Waals surface area contributed by atoms with Crippen LogP contribution in [0.1, 0.15) is 43.9 Å². The molecule has 4 nitrogen and oxygen atoms in total. The lowest BCUT2D eigenvalue weighted by Crippen LogP contribution is -2.41. The second-order valence-corrected chi connectivity index (χ2v) is 5.40. The smallest absolute Gasteiger partial charge is 0.141 e. The Balaban J connectivity index is 1.82. The second kappa shape index (κ2) is 7.67. The van der Waals surface area contributed by atoms with Gasteiger partial charge in [0.05, 0.1) is 18.0 Å². The monoisotopic (exact) mass is 282 g/mol. The maximum atomic E-state index is 12.8. The first-order chi connectivity index (χ1) is 9.70. The van der Waals surface area contributed by atoms with Gasteiger partial charge >= 0.3 is 0 Å². The zero-order chi connectivity index (χ0) is 14.4. The van der Waals surface area contributed by atoms with Crippen molar-refractivity contribution >= 4 is 0 Å². The van der Waals surface area contributed by atoms with Crippen molar-refractivity contribution in [1.82, 2.24) is 9.88 Å². The largest absolute Gasteiger partial charge is 0.396 e. The molecule has 0 amide bonds. The van der Waals surface area contributed by atoms with E-state index in [0.29, 0.717) is 18.2 Å². The molecule has 2 N–H and O–H groups in total. The average molecular weight is 282 g/mol. The Bertz CT molecular complexity index is 395. The quantitative estimate of drug-likeness (QED) is 0.764. The molecule has 1 heterocycles. The third-order valence-corrected chi connectivity index (χ3v) is 3.98. The normalized spacial score (nSPS) is 17.2. The maximum Gasteiger partial charge on any atom is 0.141 e. The van der Waals surface area contributed by atoms with E-state index in [2.05, 4.69) is 9.88 Å². The third-order valence-electron chi connectivity index (χ3n) is 3.98. The van der Waals surface area contributed by atoms with Gasteiger partial charge < -0.3 is 15.1 Å². The number of halogens is 1. The number of pyridine rings is 1. The van der Waals surface area contributed by atoms with Crippen molar-refractivity contribution in [2.45, 2.75) is 44.2 Å². The minimum absolute atomic E-state index is 0.200. The van der Waals surface area contributed by atoms with Gasteiger partial charge in [0, 0.05) is 25.7 Å². The lowest BCUT2D eigenvalue weighted by molar-refractivity contribution is 0.0850. The van der Waals surface area contributed by atoms with E-state index in [0.717, 1.165) is 25.7 Å². The van der Waals surface area contributed by atoms with Crippen molar-refractivity contribution in [2.24, 2.45) is 0 Å². The molecule has 0 saturated heterocycles. The summed E-state index contributed by atoms with van der Waals surface area (Å²) in [6, 6.07) is 3.44. The van der Waals surface area contributed by atoms with Crippen molar-refractivity contribution in [3.05, 3.63) is 29.8 Å². The van der Waals surface area contributed by atoms with Crippen LogP contribution in [0.4, 0.5) is 4.39 Å². The van der Waals surface area contributed by atoms with Crippen molar-refractivity contribution in [3.63, 3.8) is 0 Å². The fourth-order valence-electron chi connectivity index (χ4n) is 2.52. The van der Waals surface area contributed by atoms with Crippen LogP contribution in [-0.2, 0) is 0 Å². The molecular formula is C15H23FN2O2. The van der Waals surface area contributed by atoms with Crippen LogP contribution >= 0.6 is 0 Å². The van der Waals surface area contributed by atoms with Crippen molar-refractivity contribution in [1.29, 1.82) is 0 Å². The van der Waals surface area contributed by atoms with Crippen molar-refractivity contribution < 1.29 is 14.6 Å². The lowest BCUT2D eigenvalue weighted by Gasteiger charge is -2.38. The van der Waals surface area contributed by atoms with Crippen LogP contribution in [0.5, 0.6) is 0 Å². The number of aliphatic hydroxyl groups excluding tert-OH is 2. The van der Waals surface area contributed by atoms with Gasteiger partial charge in [-0.1, -0.05) is 6.42 Å². The minimum Gasteiger partial charge on any atom is -0.396 e. The zero-order valence-corrected chi connectivity index (χ0v) is 11.7. The molecule has 0 radical (unpaired) electrons. The summed E-state index contributed by atoms with van der Waals surface area (Å²) in [4.78, 5) is 6.25. The second-order valence-electron chi connectivity index (χ2n) is 5.40. The van der Waals surface area contributed by atoms with E-state index >= 15 is 0 Å². The highest BCUT2D eigenvalue weighted by Gasteiger charge is 2.25. The molecule has 0 spiro atoms. The molecule has 1 fully saturated rings. The molecule has 1 unspecified atom stereocenters. The minimum atomic E-state index is -0.660. The number of hydrogen-bond acceptors (Lipinski definition) is 4. The zero-order valence-electron chi connectivity index (χ0n) is 11.7. The summed E-state index contributed by atoms with van der Waals surface area (Å²) in [7, 11) is 0. The topological polar surface area (TPSA) is 56.6 Å². The molecule has 0 aliphatic heterocycles. The van der Waals surface area contributed by atoms with E-state index in [1.165, 1.54) is 31.4 Å². The first-order valence-electron chi connectivity index (χ1n) is 7.35. The molecule has 112 valence electrons. The van der Waals surface area contributed by atoms with Gasteiger partial charge in [0.2, 0.25) is 0 Å². The van der Waals surface area contributed by atoms with Crippen molar-refractivity contribution in [2.75, 3.05) is 19.7 Å². The Morgan fingerprint density at radius 1 is 1.35 bits per heavy atom. The summed E-state index contributed by atoms with van der Waals surface area (Å²) in [6.45, 7) is 1.85. The molecule has 1 atom stereocenters. The van der Waals surface area contributed by atoms with Crippen LogP contribution in [0, 0.1) is 5.82 Å². The molecule has 1 aromatic heterocycles. The van der Waals surface area contributed by atoms with Crippen LogP contribution in [0.3, 0.4) is 0 Å². The highest BCUT2D eigenvalue weighted by atomic mass is 19.1. The molecule has 0 bridgehead atoms. The first-order valence-corrected chi connectivity index (χ1v) is 7.35. The maximum absolute atomic E-state index is 12.8. The molecular weight excluding hydrogens is 259 g/mol. The number of hydrogen-bond donors (Lipinski definition) is 2. The predicted octanol–water partition coefficient (Wildman–Crippen LogP) is 1.88. The molecule has 1 aliphatic rings. The van der Waals surface area contributed by atoms with Crippen LogP contribution in [-0.4, -0.2) is 45.8 Å². The Hall–Kier alpha value is -1.04. The summed E-state index contributed by atoms with van der Waals surface area (Å²) in [5.74, 6) is -0.389. The highest BCUT2D eigenvalue weighted by molar-refractivity contribution is 5.08. The molecule has 1 saturated carbocycles. The number of aromatic nitrogens is 1. The van der Waals surface area contributed by atoms with Gasteiger partial charge in [0.15, 0.2) is 0 Å². The number of aliphatic hydroxyl groups is 2. The average Bonchev–Trinajstić information content (AvgIpc) is 2.40. The third kappa shape index (κ3) is 4.23. The van der Waals surface area contributed by atoms with E-state index in [1.54, 1.807) is 0 Å². The van der Waals surface area contributed by atoms with Crippen LogP contribution in [0.2, 0.25) is 0 Å². The SMILES string of the molecule is OCCCN(CCC(O)c1ccc(F)cn1)C1CCC1. The van der Waals surface area contributed by atoms with Gasteiger partial charge in [-0.05, 0) is 37.8 Å². The van der Waals surface area contributed by atoms with E-state index in [-0.39, 0.29) is 12.4 Å². The molecule has 1 aliphatic carbocycles. The van der Waals surface area contributed by atoms with Gasteiger partial charge in [0.25, 0.3) is 0 Å². The Morgan fingerprint density at radius 3 is 2.70 bits per heavy atom. The molecule has 5 heteroatoms. The van der Waals surface area contributed by atoms with Crippen molar-refractivity contribution in [3.8, 4) is 0 Å². The fourth-order valence-corrected chi connectivity index (χ4v) is 2.52. The fraction of sp³-hybridized carbons (Fsp3) is 0.667. The lowest BCUT2D eigenvalue weighted by atomic mass is 9.91. The van der Waals surface area contributed by atoms with E-state index < -0.39 is 6.10 Å². The van der Waals surface area contributed by atoms with Crippen LogP contribution < -0.4 is 0 Å². The standard InChI is InChI=1S/C15H23FN2O2/c16-12-5-6-14(17-11-12)15(20)7-9-18(8-2-10-19)13-3-1-4-13/h5-6,11,13,15,19-20H,1-4,7-10H2. The Labute approximate surface area is 119 Å². The summed E-state index contributed by atoms with van der Waals surface area (Å²) in [5.41, 5.74) is 0.516. The van der Waals surface area contributed by atoms with Gasteiger partial charge in [-0.15, -0.1) is 0 Å². The summed E-state index contributed by atoms with van der Waals surface area (Å²) < 4.78 is 12.8. The molecule has 1 aromatic rings. The van der Waals surface area contributed by atoms with Gasteiger partial charge in [0.1, 0.15) is 5.82 Å². The Kier molecular flexibility index (Phi) is 5.88. The number of rotatable bonds is 8. The van der Waals surface area contributed by atoms with Gasteiger partial charge in [-0.2, -0.15) is 0 Å². The van der Waals surface area contributed by atoms with E-state index in [4.69, 9.17) is 5.11 Å². The molecule has 20 heavy (non-hydrogen) atoms. The van der Waals surface area contributed by atoms with E-state index in [9.17, 15) is 9.50 Å². The predicted molar refractivity (Wildman–Crippen MR) is 74.7 cm³/mol. The summed E-state index contributed by atoms with van der Waals surface area (Å²) in [5, 5.41) is 19.0. The van der Waals surface area contributed by atoms with Gasteiger partial charge in [-0.3, -0.25) is 4.98 Å². The highest BCUT2D eigenvalue weighted by Crippen LogP contribution is 2.26.